The molecule has 0 atom stereocenters. The topological polar surface area (TPSA) is 105 Å². The van der Waals surface area contributed by atoms with Gasteiger partial charge in [0.1, 0.15) is 0 Å². The van der Waals surface area contributed by atoms with Gasteiger partial charge in [-0.1, -0.05) is 0 Å². The van der Waals surface area contributed by atoms with Crippen molar-refractivity contribution in [2.75, 3.05) is 38.2 Å². The van der Waals surface area contributed by atoms with E-state index >= 15 is 0 Å². The summed E-state index contributed by atoms with van der Waals surface area (Å²) in [5.41, 5.74) is 0.732. The SMILES string of the molecule is COC(=O)c1ccnc(N2CC3(CNC3)C2)n1.O=C(O)C(F)(F)F. The van der Waals surface area contributed by atoms with Crippen LogP contribution in [0.3, 0.4) is 0 Å². The Hall–Kier alpha value is -2.43. The van der Waals surface area contributed by atoms with E-state index in [2.05, 4.69) is 24.9 Å². The first-order valence-electron chi connectivity index (χ1n) is 6.84. The van der Waals surface area contributed by atoms with Crippen LogP contribution in [0.4, 0.5) is 19.1 Å². The van der Waals surface area contributed by atoms with Crippen molar-refractivity contribution in [1.82, 2.24) is 15.3 Å². The monoisotopic (exact) mass is 348 g/mol. The molecule has 2 saturated heterocycles. The predicted octanol–water partition coefficient (Wildman–Crippen LogP) is 0.306. The van der Waals surface area contributed by atoms with Crippen LogP contribution < -0.4 is 10.2 Å². The second-order valence-electron chi connectivity index (χ2n) is 5.50. The molecule has 3 rings (SSSR count). The van der Waals surface area contributed by atoms with Crippen molar-refractivity contribution in [3.63, 3.8) is 0 Å². The van der Waals surface area contributed by atoms with Crippen LogP contribution >= 0.6 is 0 Å². The van der Waals surface area contributed by atoms with Gasteiger partial charge in [-0.05, 0) is 6.07 Å². The maximum Gasteiger partial charge on any atom is 0.490 e. The molecule has 2 fully saturated rings. The molecule has 0 aromatic carbocycles. The molecule has 0 radical (unpaired) electrons. The molecule has 24 heavy (non-hydrogen) atoms. The maximum absolute atomic E-state index is 11.3. The van der Waals surface area contributed by atoms with Crippen molar-refractivity contribution in [2.45, 2.75) is 6.18 Å². The van der Waals surface area contributed by atoms with Gasteiger partial charge in [-0.15, -0.1) is 0 Å². The first-order valence-corrected chi connectivity index (χ1v) is 6.84. The lowest BCUT2D eigenvalue weighted by Crippen LogP contribution is -2.71. The summed E-state index contributed by atoms with van der Waals surface area (Å²) in [6.07, 6.45) is -3.49. The van der Waals surface area contributed by atoms with E-state index in [4.69, 9.17) is 9.90 Å². The van der Waals surface area contributed by atoms with Gasteiger partial charge in [0.15, 0.2) is 5.69 Å². The molecule has 1 aromatic rings. The smallest absolute Gasteiger partial charge is 0.475 e. The number of carbonyl (C=O) groups is 2. The highest BCUT2D eigenvalue weighted by Crippen LogP contribution is 2.35. The van der Waals surface area contributed by atoms with Crippen molar-refractivity contribution in [3.8, 4) is 0 Å². The van der Waals surface area contributed by atoms with Crippen molar-refractivity contribution in [1.29, 1.82) is 0 Å². The van der Waals surface area contributed by atoms with Crippen LogP contribution in [-0.4, -0.2) is 66.5 Å². The highest BCUT2D eigenvalue weighted by Gasteiger charge is 2.48. The fourth-order valence-corrected chi connectivity index (χ4v) is 2.33. The van der Waals surface area contributed by atoms with Crippen LogP contribution in [0.1, 0.15) is 10.5 Å². The van der Waals surface area contributed by atoms with Gasteiger partial charge in [0.05, 0.1) is 7.11 Å². The number of carboxylic acids is 1. The molecular formula is C13H15F3N4O4. The number of nitrogens with one attached hydrogen (secondary N) is 1. The lowest BCUT2D eigenvalue weighted by molar-refractivity contribution is -0.192. The number of ether oxygens (including phenoxy) is 1. The van der Waals surface area contributed by atoms with Crippen molar-refractivity contribution < 1.29 is 32.6 Å². The number of methoxy groups -OCH3 is 1. The summed E-state index contributed by atoms with van der Waals surface area (Å²) < 4.78 is 36.4. The number of nitrogens with zero attached hydrogens (tertiary/aromatic N) is 3. The number of esters is 1. The predicted molar refractivity (Wildman–Crippen MR) is 74.6 cm³/mol. The Morgan fingerprint density at radius 1 is 1.38 bits per heavy atom. The van der Waals surface area contributed by atoms with Gasteiger partial charge in [-0.25, -0.2) is 19.6 Å². The van der Waals surface area contributed by atoms with Crippen molar-refractivity contribution in [2.24, 2.45) is 5.41 Å². The Balaban J connectivity index is 0.000000256. The second kappa shape index (κ2) is 6.59. The third kappa shape index (κ3) is 3.91. The zero-order valence-corrected chi connectivity index (χ0v) is 12.6. The van der Waals surface area contributed by atoms with Crippen molar-refractivity contribution in [3.05, 3.63) is 18.0 Å². The van der Waals surface area contributed by atoms with Gasteiger partial charge < -0.3 is 20.1 Å². The summed E-state index contributed by atoms with van der Waals surface area (Å²) in [6.45, 7) is 4.07. The fraction of sp³-hybridized carbons (Fsp3) is 0.538. The lowest BCUT2D eigenvalue weighted by atomic mass is 9.75. The number of rotatable bonds is 2. The van der Waals surface area contributed by atoms with E-state index in [1.165, 1.54) is 7.11 Å². The molecule has 3 heterocycles. The van der Waals surface area contributed by atoms with Crippen LogP contribution in [-0.2, 0) is 9.53 Å². The van der Waals surface area contributed by atoms with E-state index in [0.29, 0.717) is 17.1 Å². The fourth-order valence-electron chi connectivity index (χ4n) is 2.33. The molecule has 2 N–H and O–H groups in total. The normalized spacial score (nSPS) is 17.9. The van der Waals surface area contributed by atoms with Gasteiger partial charge in [-0.3, -0.25) is 0 Å². The second-order valence-corrected chi connectivity index (χ2v) is 5.50. The minimum Gasteiger partial charge on any atom is -0.475 e. The average molecular weight is 348 g/mol. The van der Waals surface area contributed by atoms with E-state index in [0.717, 1.165) is 26.2 Å². The highest BCUT2D eigenvalue weighted by molar-refractivity contribution is 5.87. The van der Waals surface area contributed by atoms with E-state index in [1.54, 1.807) is 12.3 Å². The van der Waals surface area contributed by atoms with Crippen LogP contribution in [0.2, 0.25) is 0 Å². The lowest BCUT2D eigenvalue weighted by Gasteiger charge is -2.55. The number of aromatic nitrogens is 2. The third-order valence-corrected chi connectivity index (χ3v) is 3.62. The summed E-state index contributed by atoms with van der Waals surface area (Å²) >= 11 is 0. The molecule has 1 aromatic heterocycles. The van der Waals surface area contributed by atoms with Gasteiger partial charge in [-0.2, -0.15) is 13.2 Å². The molecule has 1 spiro atoms. The average Bonchev–Trinajstić information content (AvgIpc) is 2.43. The largest absolute Gasteiger partial charge is 0.490 e. The molecule has 0 unspecified atom stereocenters. The van der Waals surface area contributed by atoms with Crippen LogP contribution in [0.15, 0.2) is 12.3 Å². The van der Waals surface area contributed by atoms with Gasteiger partial charge in [0.25, 0.3) is 0 Å². The van der Waals surface area contributed by atoms with Gasteiger partial charge in [0, 0.05) is 37.8 Å². The van der Waals surface area contributed by atoms with Gasteiger partial charge in [0.2, 0.25) is 5.95 Å². The maximum atomic E-state index is 11.3. The Labute approximate surface area is 134 Å². The number of alkyl halides is 3. The molecule has 2 aliphatic heterocycles. The molecule has 0 bridgehead atoms. The zero-order valence-electron chi connectivity index (χ0n) is 12.6. The number of carbonyl (C=O) groups excluding carboxylic acids is 1. The standard InChI is InChI=1S/C11H14N4O2.C2HF3O2/c1-17-9(16)8-2-3-13-10(14-8)15-6-11(7-15)4-12-5-11;3-2(4,5)1(6)7/h2-3,12H,4-7H2,1H3;(H,6,7). The quantitative estimate of drug-likeness (QED) is 0.736. The zero-order chi connectivity index (χ0) is 18.0. The summed E-state index contributed by atoms with van der Waals surface area (Å²) in [7, 11) is 1.35. The molecule has 132 valence electrons. The Bertz CT molecular complexity index is 626. The molecule has 0 aliphatic carbocycles. The van der Waals surface area contributed by atoms with Crippen molar-refractivity contribution >= 4 is 17.9 Å². The summed E-state index contributed by atoms with van der Waals surface area (Å²) in [6, 6.07) is 1.57. The van der Waals surface area contributed by atoms with Crippen LogP contribution in [0.5, 0.6) is 0 Å². The summed E-state index contributed by atoms with van der Waals surface area (Å²) in [4.78, 5) is 30.7. The van der Waals surface area contributed by atoms with E-state index in [9.17, 15) is 18.0 Å². The number of anilines is 1. The molecule has 2 aliphatic rings. The molecule has 8 nitrogen and oxygen atoms in total. The Morgan fingerprint density at radius 2 is 1.96 bits per heavy atom. The van der Waals surface area contributed by atoms with E-state index in [1.807, 2.05) is 0 Å². The Morgan fingerprint density at radius 3 is 2.38 bits per heavy atom. The van der Waals surface area contributed by atoms with Crippen LogP contribution in [0, 0.1) is 5.41 Å². The molecule has 0 saturated carbocycles. The Kier molecular flexibility index (Phi) is 4.92. The highest BCUT2D eigenvalue weighted by atomic mass is 19.4. The van der Waals surface area contributed by atoms with E-state index in [-0.39, 0.29) is 0 Å². The third-order valence-electron chi connectivity index (χ3n) is 3.62. The minimum absolute atomic E-state index is 0.310. The molecular weight excluding hydrogens is 333 g/mol. The first-order chi connectivity index (χ1) is 11.2. The van der Waals surface area contributed by atoms with Crippen LogP contribution in [0.25, 0.3) is 0 Å². The molecule has 11 heteroatoms. The number of halogens is 3. The summed E-state index contributed by atoms with van der Waals surface area (Å²) in [5.74, 6) is -2.56. The minimum atomic E-state index is -5.08. The number of aliphatic carboxylic acids is 1. The van der Waals surface area contributed by atoms with Gasteiger partial charge >= 0.3 is 18.1 Å². The first kappa shape index (κ1) is 17.9. The number of hydrogen-bond donors (Lipinski definition) is 2. The summed E-state index contributed by atoms with van der Waals surface area (Å²) in [5, 5.41) is 10.4. The van der Waals surface area contributed by atoms with E-state index < -0.39 is 18.1 Å². The molecule has 0 amide bonds. The number of hydrogen-bond acceptors (Lipinski definition) is 7. The number of carboxylic acid groups (broad SMARTS) is 1.